The highest BCUT2D eigenvalue weighted by Crippen LogP contribution is 2.34. The van der Waals surface area contributed by atoms with E-state index in [1.165, 1.54) is 11.6 Å². The Kier molecular flexibility index (Phi) is 6.75. The average molecular weight is 498 g/mol. The molecule has 0 bridgehead atoms. The molecule has 1 amide bonds. The number of pyridine rings is 1. The standard InChI is InChI=1S/C27H26Cl2FN3O/c28-21-10-19-9-18(7-8-25(19)31-14-21)16-3-1-5-17(6-2-4-16)27(34)33-13-20-11-22-23(29)15-32-26(22)12-24(20)30/h7-12,14-17,32H,1-6,13H2,(H,33,34). The molecule has 0 radical (unpaired) electrons. The molecular weight excluding hydrogens is 472 g/mol. The summed E-state index contributed by atoms with van der Waals surface area (Å²) in [6, 6.07) is 11.5. The summed E-state index contributed by atoms with van der Waals surface area (Å²) in [6.07, 6.45) is 9.04. The van der Waals surface area contributed by atoms with Crippen LogP contribution in [0.4, 0.5) is 4.39 Å². The summed E-state index contributed by atoms with van der Waals surface area (Å²) >= 11 is 12.3. The van der Waals surface area contributed by atoms with Crippen molar-refractivity contribution in [2.45, 2.75) is 51.0 Å². The fraction of sp³-hybridized carbons (Fsp3) is 0.333. The Morgan fingerprint density at radius 3 is 2.68 bits per heavy atom. The van der Waals surface area contributed by atoms with E-state index < -0.39 is 0 Å². The number of nitrogens with zero attached hydrogens (tertiary/aromatic N) is 1. The first-order valence-electron chi connectivity index (χ1n) is 11.8. The number of rotatable bonds is 4. The molecule has 0 aliphatic heterocycles. The fourth-order valence-electron chi connectivity index (χ4n) is 5.10. The Labute approximate surface area is 207 Å². The summed E-state index contributed by atoms with van der Waals surface area (Å²) < 4.78 is 14.4. The van der Waals surface area contributed by atoms with E-state index in [9.17, 15) is 9.18 Å². The molecule has 34 heavy (non-hydrogen) atoms. The van der Waals surface area contributed by atoms with Gasteiger partial charge in [0.15, 0.2) is 0 Å². The number of fused-ring (bicyclic) bond motifs is 2. The first-order chi connectivity index (χ1) is 16.5. The lowest BCUT2D eigenvalue weighted by molar-refractivity contribution is -0.125. The van der Waals surface area contributed by atoms with Crippen LogP contribution in [-0.4, -0.2) is 15.9 Å². The van der Waals surface area contributed by atoms with Gasteiger partial charge in [0.25, 0.3) is 0 Å². The Hall–Kier alpha value is -2.63. The van der Waals surface area contributed by atoms with Gasteiger partial charge in [0.2, 0.25) is 5.91 Å². The first kappa shape index (κ1) is 23.1. The van der Waals surface area contributed by atoms with Crippen LogP contribution in [-0.2, 0) is 11.3 Å². The van der Waals surface area contributed by atoms with Crippen molar-refractivity contribution in [1.82, 2.24) is 15.3 Å². The molecule has 2 aromatic carbocycles. The van der Waals surface area contributed by atoms with E-state index >= 15 is 0 Å². The van der Waals surface area contributed by atoms with Gasteiger partial charge in [-0.15, -0.1) is 0 Å². The van der Waals surface area contributed by atoms with Crippen LogP contribution in [0.3, 0.4) is 0 Å². The molecule has 2 aromatic heterocycles. The van der Waals surface area contributed by atoms with Crippen molar-refractivity contribution < 1.29 is 9.18 Å². The fourth-order valence-corrected chi connectivity index (χ4v) is 5.48. The summed E-state index contributed by atoms with van der Waals surface area (Å²) in [6.45, 7) is 0.162. The van der Waals surface area contributed by atoms with E-state index in [4.69, 9.17) is 23.2 Å². The van der Waals surface area contributed by atoms with Crippen molar-refractivity contribution in [2.24, 2.45) is 5.92 Å². The van der Waals surface area contributed by atoms with Crippen LogP contribution in [0.15, 0.2) is 48.8 Å². The number of H-pyrrole nitrogens is 1. The smallest absolute Gasteiger partial charge is 0.223 e. The third-order valence-electron chi connectivity index (χ3n) is 6.98. The highest BCUT2D eigenvalue weighted by atomic mass is 35.5. The molecule has 1 aliphatic carbocycles. The van der Waals surface area contributed by atoms with Crippen molar-refractivity contribution in [3.8, 4) is 0 Å². The van der Waals surface area contributed by atoms with Crippen LogP contribution in [0.1, 0.15) is 55.6 Å². The number of hydrogen-bond acceptors (Lipinski definition) is 2. The number of benzene rings is 2. The third kappa shape index (κ3) is 4.91. The van der Waals surface area contributed by atoms with E-state index in [1.54, 1.807) is 18.5 Å². The van der Waals surface area contributed by atoms with Crippen molar-refractivity contribution >= 4 is 50.9 Å². The molecule has 2 N–H and O–H groups in total. The summed E-state index contributed by atoms with van der Waals surface area (Å²) in [5, 5.41) is 5.97. The number of nitrogens with one attached hydrogen (secondary N) is 2. The average Bonchev–Trinajstić information content (AvgIpc) is 3.16. The Morgan fingerprint density at radius 1 is 1.09 bits per heavy atom. The molecule has 1 aliphatic rings. The second-order valence-electron chi connectivity index (χ2n) is 9.20. The Bertz CT molecular complexity index is 1340. The minimum atomic E-state index is -0.348. The summed E-state index contributed by atoms with van der Waals surface area (Å²) in [5.41, 5.74) is 3.36. The van der Waals surface area contributed by atoms with Gasteiger partial charge in [-0.05, 0) is 67.5 Å². The maximum Gasteiger partial charge on any atom is 0.223 e. The Morgan fingerprint density at radius 2 is 1.88 bits per heavy atom. The van der Waals surface area contributed by atoms with Crippen molar-refractivity contribution in [2.75, 3.05) is 0 Å². The van der Waals surface area contributed by atoms with Gasteiger partial charge in [-0.2, -0.15) is 0 Å². The van der Waals surface area contributed by atoms with E-state index in [2.05, 4.69) is 33.5 Å². The summed E-state index contributed by atoms with van der Waals surface area (Å²) in [4.78, 5) is 20.2. The van der Waals surface area contributed by atoms with Crippen LogP contribution in [0.5, 0.6) is 0 Å². The van der Waals surface area contributed by atoms with Crippen LogP contribution in [0.2, 0.25) is 10.0 Å². The Balaban J connectivity index is 1.19. The van der Waals surface area contributed by atoms with Gasteiger partial charge in [0.05, 0.1) is 15.6 Å². The zero-order valence-corrected chi connectivity index (χ0v) is 20.2. The number of amides is 1. The minimum Gasteiger partial charge on any atom is -0.360 e. The largest absolute Gasteiger partial charge is 0.360 e. The first-order valence-corrected chi connectivity index (χ1v) is 12.5. The van der Waals surface area contributed by atoms with E-state index in [0.717, 1.165) is 54.8 Å². The third-order valence-corrected chi connectivity index (χ3v) is 7.50. The van der Waals surface area contributed by atoms with Crippen LogP contribution in [0, 0.1) is 11.7 Å². The molecule has 2 heterocycles. The molecule has 0 spiro atoms. The number of aromatic amines is 1. The molecule has 5 rings (SSSR count). The quantitative estimate of drug-likeness (QED) is 0.306. The number of halogens is 3. The van der Waals surface area contributed by atoms with Crippen molar-refractivity contribution in [3.63, 3.8) is 0 Å². The lowest BCUT2D eigenvalue weighted by Gasteiger charge is -2.25. The van der Waals surface area contributed by atoms with E-state index in [0.29, 0.717) is 27.0 Å². The molecule has 4 nitrogen and oxygen atoms in total. The normalized spacial score (nSPS) is 19.1. The van der Waals surface area contributed by atoms with Gasteiger partial charge in [-0.1, -0.05) is 42.1 Å². The van der Waals surface area contributed by atoms with Crippen molar-refractivity contribution in [1.29, 1.82) is 0 Å². The molecular formula is C27H26Cl2FN3O. The van der Waals surface area contributed by atoms with Gasteiger partial charge in [0.1, 0.15) is 5.82 Å². The monoisotopic (exact) mass is 497 g/mol. The summed E-state index contributed by atoms with van der Waals surface area (Å²) in [7, 11) is 0. The highest BCUT2D eigenvalue weighted by molar-refractivity contribution is 6.35. The lowest BCUT2D eigenvalue weighted by Crippen LogP contribution is -2.31. The zero-order chi connectivity index (χ0) is 23.7. The van der Waals surface area contributed by atoms with Gasteiger partial charge in [0, 0.05) is 46.7 Å². The van der Waals surface area contributed by atoms with Gasteiger partial charge in [-0.3, -0.25) is 9.78 Å². The predicted molar refractivity (Wildman–Crippen MR) is 136 cm³/mol. The maximum absolute atomic E-state index is 14.4. The van der Waals surface area contributed by atoms with Gasteiger partial charge >= 0.3 is 0 Å². The van der Waals surface area contributed by atoms with Crippen LogP contribution < -0.4 is 5.32 Å². The molecule has 7 heteroatoms. The number of aromatic nitrogens is 2. The SMILES string of the molecule is O=C(NCc1cc2c(Cl)c[nH]c2cc1F)C1CCCC(c2ccc3ncc(Cl)cc3c2)CCC1. The second kappa shape index (κ2) is 9.93. The predicted octanol–water partition coefficient (Wildman–Crippen LogP) is 7.53. The van der Waals surface area contributed by atoms with E-state index in [1.807, 2.05) is 6.07 Å². The lowest BCUT2D eigenvalue weighted by atomic mass is 9.82. The van der Waals surface area contributed by atoms with Gasteiger partial charge in [-0.25, -0.2) is 4.39 Å². The zero-order valence-electron chi connectivity index (χ0n) is 18.7. The molecule has 1 saturated carbocycles. The molecule has 176 valence electrons. The van der Waals surface area contributed by atoms with E-state index in [-0.39, 0.29) is 24.2 Å². The molecule has 0 atom stereocenters. The maximum atomic E-state index is 14.4. The molecule has 0 unspecified atom stereocenters. The van der Waals surface area contributed by atoms with Gasteiger partial charge < -0.3 is 10.3 Å². The number of hydrogen-bond donors (Lipinski definition) is 2. The molecule has 1 fully saturated rings. The molecule has 0 saturated heterocycles. The van der Waals surface area contributed by atoms with Crippen LogP contribution in [0.25, 0.3) is 21.8 Å². The topological polar surface area (TPSA) is 57.8 Å². The number of carbonyl (C=O) groups is 1. The van der Waals surface area contributed by atoms with Crippen molar-refractivity contribution in [3.05, 3.63) is 75.8 Å². The molecule has 4 aromatic rings. The highest BCUT2D eigenvalue weighted by Gasteiger charge is 2.23. The summed E-state index contributed by atoms with van der Waals surface area (Å²) in [5.74, 6) is 0.0887. The van der Waals surface area contributed by atoms with Crippen LogP contribution >= 0.6 is 23.2 Å². The second-order valence-corrected chi connectivity index (χ2v) is 10.0. The number of carbonyl (C=O) groups excluding carboxylic acids is 1. The minimum absolute atomic E-state index is 0.00420.